The summed E-state index contributed by atoms with van der Waals surface area (Å²) in [6.45, 7) is 6.59. The van der Waals surface area contributed by atoms with Crippen LogP contribution >= 0.6 is 0 Å². The van der Waals surface area contributed by atoms with E-state index in [1.807, 2.05) is 6.20 Å². The number of aryl methyl sites for hydroxylation is 1. The second-order valence-corrected chi connectivity index (χ2v) is 4.92. The van der Waals surface area contributed by atoms with Gasteiger partial charge in [-0.2, -0.15) is 5.10 Å². The molecule has 0 spiro atoms. The second kappa shape index (κ2) is 6.55. The fourth-order valence-corrected chi connectivity index (χ4v) is 2.24. The molecule has 0 fully saturated rings. The third-order valence-electron chi connectivity index (χ3n) is 3.30. The van der Waals surface area contributed by atoms with Gasteiger partial charge in [0.25, 0.3) is 0 Å². The second-order valence-electron chi connectivity index (χ2n) is 4.92. The van der Waals surface area contributed by atoms with Crippen LogP contribution in [-0.4, -0.2) is 22.4 Å². The van der Waals surface area contributed by atoms with E-state index in [1.54, 1.807) is 0 Å². The highest BCUT2D eigenvalue weighted by molar-refractivity contribution is 5.78. The van der Waals surface area contributed by atoms with Crippen molar-refractivity contribution >= 4 is 10.9 Å². The zero-order valence-electron chi connectivity index (χ0n) is 11.4. The molecule has 2 aromatic rings. The maximum absolute atomic E-state index is 4.45. The van der Waals surface area contributed by atoms with Crippen molar-refractivity contribution in [2.24, 2.45) is 0 Å². The van der Waals surface area contributed by atoms with E-state index in [2.05, 4.69) is 53.2 Å². The van der Waals surface area contributed by atoms with Gasteiger partial charge in [0.15, 0.2) is 0 Å². The Morgan fingerprint density at radius 2 is 2.17 bits per heavy atom. The first-order chi connectivity index (χ1) is 8.81. The van der Waals surface area contributed by atoms with Gasteiger partial charge in [-0.05, 0) is 38.8 Å². The van der Waals surface area contributed by atoms with Crippen molar-refractivity contribution in [3.05, 3.63) is 30.5 Å². The van der Waals surface area contributed by atoms with Gasteiger partial charge in [-0.25, -0.2) is 0 Å². The van der Waals surface area contributed by atoms with Crippen LogP contribution in [0.5, 0.6) is 0 Å². The highest BCUT2D eigenvalue weighted by atomic mass is 15.3. The number of aromatic nitrogens is 2. The number of hydrogen-bond acceptors (Lipinski definition) is 2. The molecule has 0 amide bonds. The largest absolute Gasteiger partial charge is 0.314 e. The van der Waals surface area contributed by atoms with Crippen LogP contribution in [0.1, 0.15) is 33.1 Å². The maximum Gasteiger partial charge on any atom is 0.0682 e. The summed E-state index contributed by atoms with van der Waals surface area (Å²) in [7, 11) is 0. The molecule has 1 aromatic heterocycles. The maximum atomic E-state index is 4.45. The number of nitrogens with zero attached hydrogens (tertiary/aromatic N) is 2. The van der Waals surface area contributed by atoms with Gasteiger partial charge in [-0.15, -0.1) is 0 Å². The molecule has 3 nitrogen and oxygen atoms in total. The topological polar surface area (TPSA) is 29.9 Å². The van der Waals surface area contributed by atoms with Crippen LogP contribution in [0.2, 0.25) is 0 Å². The average Bonchev–Trinajstić information content (AvgIpc) is 2.80. The molecule has 1 atom stereocenters. The molecule has 2 rings (SSSR count). The smallest absolute Gasteiger partial charge is 0.0682 e. The summed E-state index contributed by atoms with van der Waals surface area (Å²) < 4.78 is 2.11. The van der Waals surface area contributed by atoms with E-state index in [-0.39, 0.29) is 0 Å². The lowest BCUT2D eigenvalue weighted by Crippen LogP contribution is -2.26. The zero-order valence-corrected chi connectivity index (χ0v) is 11.4. The van der Waals surface area contributed by atoms with Gasteiger partial charge in [0, 0.05) is 18.0 Å². The van der Waals surface area contributed by atoms with Crippen LogP contribution in [0, 0.1) is 0 Å². The summed E-state index contributed by atoms with van der Waals surface area (Å²) in [6, 6.07) is 8.99. The van der Waals surface area contributed by atoms with Gasteiger partial charge in [0.1, 0.15) is 0 Å². The third kappa shape index (κ3) is 3.33. The predicted molar refractivity (Wildman–Crippen MR) is 76.7 cm³/mol. The molecule has 0 radical (unpaired) electrons. The number of fused-ring (bicyclic) bond motifs is 1. The van der Waals surface area contributed by atoms with E-state index in [0.717, 1.165) is 13.1 Å². The summed E-state index contributed by atoms with van der Waals surface area (Å²) in [4.78, 5) is 0. The van der Waals surface area contributed by atoms with Crippen molar-refractivity contribution in [2.45, 2.75) is 45.7 Å². The summed E-state index contributed by atoms with van der Waals surface area (Å²) >= 11 is 0. The molecule has 1 aromatic carbocycles. The van der Waals surface area contributed by atoms with Crippen molar-refractivity contribution < 1.29 is 0 Å². The Bertz CT molecular complexity index is 475. The van der Waals surface area contributed by atoms with E-state index in [9.17, 15) is 0 Å². The Morgan fingerprint density at radius 1 is 1.33 bits per heavy atom. The molecule has 0 aliphatic carbocycles. The summed E-state index contributed by atoms with van der Waals surface area (Å²) in [6.07, 6.45) is 5.53. The van der Waals surface area contributed by atoms with E-state index in [4.69, 9.17) is 0 Å². The van der Waals surface area contributed by atoms with Gasteiger partial charge >= 0.3 is 0 Å². The minimum Gasteiger partial charge on any atom is -0.314 e. The molecule has 98 valence electrons. The van der Waals surface area contributed by atoms with Crippen molar-refractivity contribution in [1.29, 1.82) is 0 Å². The molecule has 1 N–H and O–H groups in total. The Balaban J connectivity index is 1.83. The molecule has 0 aliphatic heterocycles. The number of nitrogens with one attached hydrogen (secondary N) is 1. The van der Waals surface area contributed by atoms with Gasteiger partial charge < -0.3 is 5.32 Å². The van der Waals surface area contributed by atoms with Gasteiger partial charge in [0.2, 0.25) is 0 Å². The fourth-order valence-electron chi connectivity index (χ4n) is 2.24. The van der Waals surface area contributed by atoms with E-state index in [1.165, 1.54) is 30.2 Å². The van der Waals surface area contributed by atoms with Crippen molar-refractivity contribution in [1.82, 2.24) is 15.1 Å². The van der Waals surface area contributed by atoms with E-state index < -0.39 is 0 Å². The highest BCUT2D eigenvalue weighted by Crippen LogP contribution is 2.13. The zero-order chi connectivity index (χ0) is 12.8. The minimum atomic E-state index is 0.603. The fraction of sp³-hybridized carbons (Fsp3) is 0.533. The summed E-state index contributed by atoms with van der Waals surface area (Å²) in [5.41, 5.74) is 1.24. The molecular weight excluding hydrogens is 222 g/mol. The van der Waals surface area contributed by atoms with Crippen LogP contribution in [0.3, 0.4) is 0 Å². The summed E-state index contributed by atoms with van der Waals surface area (Å²) in [5, 5.41) is 9.20. The number of hydrogen-bond donors (Lipinski definition) is 1. The molecule has 0 bridgehead atoms. The standard InChI is InChI=1S/C15H23N3/c1-3-10-16-13(2)7-6-11-18-15-9-5-4-8-14(15)12-17-18/h4-5,8-9,12-13,16H,3,6-7,10-11H2,1-2H3. The first kappa shape index (κ1) is 13.1. The molecule has 0 aliphatic rings. The third-order valence-corrected chi connectivity index (χ3v) is 3.30. The quantitative estimate of drug-likeness (QED) is 0.811. The minimum absolute atomic E-state index is 0.603. The van der Waals surface area contributed by atoms with Crippen molar-refractivity contribution in [3.8, 4) is 0 Å². The monoisotopic (exact) mass is 245 g/mol. The summed E-state index contributed by atoms with van der Waals surface area (Å²) in [5.74, 6) is 0. The first-order valence-corrected chi connectivity index (χ1v) is 6.95. The van der Waals surface area contributed by atoms with Crippen LogP contribution in [0.15, 0.2) is 30.5 Å². The Kier molecular flexibility index (Phi) is 4.76. The lowest BCUT2D eigenvalue weighted by Gasteiger charge is -2.12. The van der Waals surface area contributed by atoms with Gasteiger partial charge in [-0.3, -0.25) is 4.68 Å². The normalized spacial score (nSPS) is 13.0. The van der Waals surface area contributed by atoms with Crippen molar-refractivity contribution in [2.75, 3.05) is 6.54 Å². The lowest BCUT2D eigenvalue weighted by atomic mass is 10.2. The van der Waals surface area contributed by atoms with Crippen LogP contribution in [0.25, 0.3) is 10.9 Å². The number of benzene rings is 1. The van der Waals surface area contributed by atoms with E-state index in [0.29, 0.717) is 6.04 Å². The molecule has 0 saturated carbocycles. The Labute approximate surface area is 109 Å². The van der Waals surface area contributed by atoms with Crippen LogP contribution in [0.4, 0.5) is 0 Å². The molecular formula is C15H23N3. The number of para-hydroxylation sites is 1. The Morgan fingerprint density at radius 3 is 3.00 bits per heavy atom. The molecule has 18 heavy (non-hydrogen) atoms. The number of rotatable bonds is 7. The van der Waals surface area contributed by atoms with Crippen LogP contribution in [-0.2, 0) is 6.54 Å². The molecule has 1 heterocycles. The molecule has 3 heteroatoms. The molecule has 1 unspecified atom stereocenters. The highest BCUT2D eigenvalue weighted by Gasteiger charge is 2.03. The lowest BCUT2D eigenvalue weighted by molar-refractivity contribution is 0.468. The SMILES string of the molecule is CCCNC(C)CCCn1ncc2ccccc21. The molecule has 0 saturated heterocycles. The predicted octanol–water partition coefficient (Wildman–Crippen LogP) is 3.20. The van der Waals surface area contributed by atoms with Gasteiger partial charge in [0.05, 0.1) is 11.7 Å². The average molecular weight is 245 g/mol. The van der Waals surface area contributed by atoms with Crippen LogP contribution < -0.4 is 5.32 Å². The van der Waals surface area contributed by atoms with E-state index >= 15 is 0 Å². The Hall–Kier alpha value is -1.35. The first-order valence-electron chi connectivity index (χ1n) is 6.95. The van der Waals surface area contributed by atoms with Gasteiger partial charge in [-0.1, -0.05) is 25.1 Å². The van der Waals surface area contributed by atoms with Crippen molar-refractivity contribution in [3.63, 3.8) is 0 Å².